The lowest BCUT2D eigenvalue weighted by molar-refractivity contribution is -0.124. The van der Waals surface area contributed by atoms with Crippen molar-refractivity contribution in [1.82, 2.24) is 9.47 Å². The molecule has 1 aliphatic rings. The number of hydrogen-bond donors (Lipinski definition) is 0. The first-order valence-electron chi connectivity index (χ1n) is 7.46. The summed E-state index contributed by atoms with van der Waals surface area (Å²) in [6, 6.07) is 8.12. The molecule has 4 nitrogen and oxygen atoms in total. The van der Waals surface area contributed by atoms with Crippen LogP contribution in [0.2, 0.25) is 0 Å². The Bertz CT molecular complexity index is 763. The third-order valence-corrected chi connectivity index (χ3v) is 4.22. The molecule has 1 aromatic heterocycles. The molecular formula is C18H20N2O2. The number of para-hydroxylation sites is 1. The van der Waals surface area contributed by atoms with E-state index in [1.54, 1.807) is 11.1 Å². The average Bonchev–Trinajstić information content (AvgIpc) is 2.80. The van der Waals surface area contributed by atoms with E-state index in [4.69, 9.17) is 0 Å². The van der Waals surface area contributed by atoms with Gasteiger partial charge >= 0.3 is 0 Å². The summed E-state index contributed by atoms with van der Waals surface area (Å²) in [6.07, 6.45) is 4.50. The summed E-state index contributed by atoms with van der Waals surface area (Å²) in [6.45, 7) is 0. The fourth-order valence-corrected chi connectivity index (χ4v) is 3.22. The second kappa shape index (κ2) is 5.44. The Balaban J connectivity index is 1.97. The number of ketones is 2. The van der Waals surface area contributed by atoms with E-state index in [2.05, 4.69) is 22.9 Å². The number of carbonyl (C=O) groups excluding carboxylic acids is 2. The van der Waals surface area contributed by atoms with Crippen LogP contribution in [0.4, 0.5) is 0 Å². The molecule has 1 aliphatic carbocycles. The van der Waals surface area contributed by atoms with Gasteiger partial charge in [-0.15, -0.1) is 0 Å². The summed E-state index contributed by atoms with van der Waals surface area (Å²) >= 11 is 0. The number of allylic oxidation sites excluding steroid dienone is 1. The van der Waals surface area contributed by atoms with E-state index in [1.165, 1.54) is 0 Å². The lowest BCUT2D eigenvalue weighted by atomic mass is 9.80. The third kappa shape index (κ3) is 2.45. The van der Waals surface area contributed by atoms with Gasteiger partial charge in [-0.1, -0.05) is 18.2 Å². The van der Waals surface area contributed by atoms with Crippen LogP contribution in [0.3, 0.4) is 0 Å². The fraction of sp³-hybridized carbons (Fsp3) is 0.333. The SMILES string of the molecule is CN(C)C=C1C(=O)CC(c2cn(C)c3ccccc23)CC1=O. The Labute approximate surface area is 130 Å². The summed E-state index contributed by atoms with van der Waals surface area (Å²) in [5.41, 5.74) is 2.57. The molecule has 0 spiro atoms. The normalized spacial score (nSPS) is 18.9. The predicted molar refractivity (Wildman–Crippen MR) is 86.7 cm³/mol. The minimum atomic E-state index is -0.0529. The minimum absolute atomic E-state index is 0.0228. The van der Waals surface area contributed by atoms with Crippen LogP contribution in [-0.2, 0) is 16.6 Å². The van der Waals surface area contributed by atoms with E-state index < -0.39 is 0 Å². The number of benzene rings is 1. The topological polar surface area (TPSA) is 42.3 Å². The van der Waals surface area contributed by atoms with E-state index in [0.717, 1.165) is 16.5 Å². The standard InChI is InChI=1S/C18H20N2O2/c1-19(2)10-15-17(21)8-12(9-18(15)22)14-11-20(3)16-7-5-4-6-13(14)16/h4-7,10-12H,8-9H2,1-3H3. The molecule has 4 heteroatoms. The molecule has 0 amide bonds. The van der Waals surface area contributed by atoms with Crippen molar-refractivity contribution in [2.75, 3.05) is 14.1 Å². The van der Waals surface area contributed by atoms with Crippen LogP contribution in [0.15, 0.2) is 42.2 Å². The maximum atomic E-state index is 12.3. The lowest BCUT2D eigenvalue weighted by Crippen LogP contribution is -2.26. The van der Waals surface area contributed by atoms with Gasteiger partial charge in [0.15, 0.2) is 11.6 Å². The maximum absolute atomic E-state index is 12.3. The molecule has 2 aromatic rings. The monoisotopic (exact) mass is 296 g/mol. The van der Waals surface area contributed by atoms with Crippen molar-refractivity contribution in [3.8, 4) is 0 Å². The molecule has 0 unspecified atom stereocenters. The zero-order valence-electron chi connectivity index (χ0n) is 13.2. The second-order valence-corrected chi connectivity index (χ2v) is 6.17. The third-order valence-electron chi connectivity index (χ3n) is 4.22. The van der Waals surface area contributed by atoms with Crippen LogP contribution in [0.5, 0.6) is 0 Å². The molecule has 3 rings (SSSR count). The lowest BCUT2D eigenvalue weighted by Gasteiger charge is -2.22. The summed E-state index contributed by atoms with van der Waals surface area (Å²) in [5.74, 6) is -0.129. The van der Waals surface area contributed by atoms with E-state index in [1.807, 2.05) is 33.3 Å². The number of rotatable bonds is 2. The maximum Gasteiger partial charge on any atom is 0.168 e. The number of fused-ring (bicyclic) bond motifs is 1. The molecule has 22 heavy (non-hydrogen) atoms. The Morgan fingerprint density at radius 3 is 2.41 bits per heavy atom. The number of carbonyl (C=O) groups is 2. The van der Waals surface area contributed by atoms with Crippen LogP contribution in [0.1, 0.15) is 24.3 Å². The quantitative estimate of drug-likeness (QED) is 0.632. The van der Waals surface area contributed by atoms with Crippen molar-refractivity contribution < 1.29 is 9.59 Å². The molecule has 114 valence electrons. The first-order chi connectivity index (χ1) is 10.5. The van der Waals surface area contributed by atoms with Crippen LogP contribution in [0, 0.1) is 0 Å². The van der Waals surface area contributed by atoms with Crippen molar-refractivity contribution in [3.63, 3.8) is 0 Å². The van der Waals surface area contributed by atoms with Crippen molar-refractivity contribution in [1.29, 1.82) is 0 Å². The molecule has 0 N–H and O–H groups in total. The molecule has 1 fully saturated rings. The minimum Gasteiger partial charge on any atom is -0.383 e. The average molecular weight is 296 g/mol. The molecule has 0 atom stereocenters. The largest absolute Gasteiger partial charge is 0.383 e. The van der Waals surface area contributed by atoms with Gasteiger partial charge < -0.3 is 9.47 Å². The van der Waals surface area contributed by atoms with Crippen LogP contribution in [-0.4, -0.2) is 35.1 Å². The van der Waals surface area contributed by atoms with Gasteiger partial charge in [0.1, 0.15) is 0 Å². The smallest absolute Gasteiger partial charge is 0.168 e. The highest BCUT2D eigenvalue weighted by Crippen LogP contribution is 2.36. The molecule has 0 aliphatic heterocycles. The summed E-state index contributed by atoms with van der Waals surface area (Å²) in [5, 5.41) is 1.13. The van der Waals surface area contributed by atoms with Crippen molar-refractivity contribution in [3.05, 3.63) is 47.8 Å². The Morgan fingerprint density at radius 1 is 1.14 bits per heavy atom. The zero-order valence-corrected chi connectivity index (χ0v) is 13.2. The predicted octanol–water partition coefficient (Wildman–Crippen LogP) is 2.64. The zero-order chi connectivity index (χ0) is 15.9. The highest BCUT2D eigenvalue weighted by molar-refractivity contribution is 6.22. The van der Waals surface area contributed by atoms with Crippen molar-refractivity contribution >= 4 is 22.5 Å². The van der Waals surface area contributed by atoms with E-state index in [0.29, 0.717) is 18.4 Å². The number of aryl methyl sites for hydroxylation is 1. The molecular weight excluding hydrogens is 276 g/mol. The van der Waals surface area contributed by atoms with E-state index >= 15 is 0 Å². The summed E-state index contributed by atoms with van der Waals surface area (Å²) in [4.78, 5) is 26.4. The Kier molecular flexibility index (Phi) is 3.61. The number of nitrogens with zero attached hydrogens (tertiary/aromatic N) is 2. The van der Waals surface area contributed by atoms with E-state index in [-0.39, 0.29) is 17.5 Å². The van der Waals surface area contributed by atoms with Gasteiger partial charge in [0.25, 0.3) is 0 Å². The molecule has 1 aromatic carbocycles. The molecule has 0 saturated heterocycles. The fourth-order valence-electron chi connectivity index (χ4n) is 3.22. The van der Waals surface area contributed by atoms with Crippen LogP contribution in [0.25, 0.3) is 10.9 Å². The molecule has 1 saturated carbocycles. The van der Waals surface area contributed by atoms with Gasteiger partial charge in [-0.3, -0.25) is 9.59 Å². The number of Topliss-reactive ketones (excluding diaryl/α,β-unsaturated/α-hetero) is 2. The Morgan fingerprint density at radius 2 is 1.77 bits per heavy atom. The van der Waals surface area contributed by atoms with Gasteiger partial charge in [-0.25, -0.2) is 0 Å². The van der Waals surface area contributed by atoms with E-state index in [9.17, 15) is 9.59 Å². The number of hydrogen-bond acceptors (Lipinski definition) is 3. The van der Waals surface area contributed by atoms with Crippen molar-refractivity contribution in [2.45, 2.75) is 18.8 Å². The van der Waals surface area contributed by atoms with Gasteiger partial charge in [0, 0.05) is 63.2 Å². The first-order valence-corrected chi connectivity index (χ1v) is 7.46. The first kappa shape index (κ1) is 14.6. The van der Waals surface area contributed by atoms with Crippen LogP contribution >= 0.6 is 0 Å². The summed E-state index contributed by atoms with van der Waals surface area (Å²) in [7, 11) is 5.64. The summed E-state index contributed by atoms with van der Waals surface area (Å²) < 4.78 is 2.06. The van der Waals surface area contributed by atoms with Gasteiger partial charge in [-0.05, 0) is 11.6 Å². The van der Waals surface area contributed by atoms with Gasteiger partial charge in [0.05, 0.1) is 5.57 Å². The van der Waals surface area contributed by atoms with Crippen molar-refractivity contribution in [2.24, 2.45) is 7.05 Å². The Hall–Kier alpha value is -2.36. The molecule has 0 radical (unpaired) electrons. The highest BCUT2D eigenvalue weighted by Gasteiger charge is 2.32. The molecule has 0 bridgehead atoms. The second-order valence-electron chi connectivity index (χ2n) is 6.17. The van der Waals surface area contributed by atoms with Gasteiger partial charge in [-0.2, -0.15) is 0 Å². The number of aromatic nitrogens is 1. The van der Waals surface area contributed by atoms with Gasteiger partial charge in [0.2, 0.25) is 0 Å². The highest BCUT2D eigenvalue weighted by atomic mass is 16.1. The van der Waals surface area contributed by atoms with Crippen LogP contribution < -0.4 is 0 Å². The molecule has 1 heterocycles.